The van der Waals surface area contributed by atoms with Gasteiger partial charge >= 0.3 is 0 Å². The molecule has 7 heteroatoms. The van der Waals surface area contributed by atoms with E-state index in [9.17, 15) is 0 Å². The molecular formula is C24H23Cl2N3O2. The number of nitrogens with zero attached hydrogens (tertiary/aromatic N) is 1. The van der Waals surface area contributed by atoms with Gasteiger partial charge in [-0.3, -0.25) is 0 Å². The molecule has 0 fully saturated rings. The molecule has 1 heterocycles. The van der Waals surface area contributed by atoms with Gasteiger partial charge in [-0.05, 0) is 47.5 Å². The highest BCUT2D eigenvalue weighted by Gasteiger charge is 2.08. The summed E-state index contributed by atoms with van der Waals surface area (Å²) < 4.78 is 11.4. The largest absolute Gasteiger partial charge is 0.493 e. The zero-order valence-corrected chi connectivity index (χ0v) is 18.6. The molecule has 0 spiro atoms. The van der Waals surface area contributed by atoms with E-state index in [-0.39, 0.29) is 0 Å². The number of ether oxygens (including phenoxy) is 2. The Morgan fingerprint density at radius 3 is 2.58 bits per heavy atom. The summed E-state index contributed by atoms with van der Waals surface area (Å²) in [5, 5.41) is 4.49. The minimum absolute atomic E-state index is 0.377. The molecule has 0 aliphatic carbocycles. The van der Waals surface area contributed by atoms with Crippen LogP contribution in [0.5, 0.6) is 11.5 Å². The molecular weight excluding hydrogens is 433 g/mol. The van der Waals surface area contributed by atoms with Gasteiger partial charge in [0.1, 0.15) is 12.4 Å². The van der Waals surface area contributed by atoms with Crippen LogP contribution >= 0.6 is 23.2 Å². The first-order valence-corrected chi connectivity index (χ1v) is 10.8. The average molecular weight is 456 g/mol. The van der Waals surface area contributed by atoms with Gasteiger partial charge in [-0.2, -0.15) is 0 Å². The lowest BCUT2D eigenvalue weighted by atomic mass is 10.2. The Kier molecular flexibility index (Phi) is 6.97. The predicted molar refractivity (Wildman–Crippen MR) is 125 cm³/mol. The lowest BCUT2D eigenvalue weighted by Gasteiger charge is -2.13. The maximum atomic E-state index is 6.07. The van der Waals surface area contributed by atoms with Crippen molar-refractivity contribution < 1.29 is 9.47 Å². The summed E-state index contributed by atoms with van der Waals surface area (Å²) in [6.45, 7) is 1.92. The summed E-state index contributed by atoms with van der Waals surface area (Å²) in [6, 6.07) is 19.4. The van der Waals surface area contributed by atoms with Gasteiger partial charge < -0.3 is 19.8 Å². The molecule has 3 aromatic carbocycles. The molecule has 0 aliphatic heterocycles. The van der Waals surface area contributed by atoms with E-state index in [1.165, 1.54) is 0 Å². The van der Waals surface area contributed by atoms with Gasteiger partial charge in [0.25, 0.3) is 0 Å². The van der Waals surface area contributed by atoms with Crippen LogP contribution < -0.4 is 14.8 Å². The smallest absolute Gasteiger partial charge is 0.161 e. The topological polar surface area (TPSA) is 59.2 Å². The van der Waals surface area contributed by atoms with Crippen LogP contribution in [0.25, 0.3) is 11.0 Å². The van der Waals surface area contributed by atoms with E-state index in [0.717, 1.165) is 47.5 Å². The summed E-state index contributed by atoms with van der Waals surface area (Å²) in [5.74, 6) is 2.36. The summed E-state index contributed by atoms with van der Waals surface area (Å²) >= 11 is 12.0. The van der Waals surface area contributed by atoms with Gasteiger partial charge in [0.15, 0.2) is 11.5 Å². The van der Waals surface area contributed by atoms with Crippen molar-refractivity contribution in [1.82, 2.24) is 15.3 Å². The number of methoxy groups -OCH3 is 1. The summed E-state index contributed by atoms with van der Waals surface area (Å²) in [5.41, 5.74) is 4.12. The molecule has 1 aromatic heterocycles. The molecule has 160 valence electrons. The van der Waals surface area contributed by atoms with Crippen LogP contribution in [-0.4, -0.2) is 23.6 Å². The van der Waals surface area contributed by atoms with Gasteiger partial charge in [-0.15, -0.1) is 0 Å². The number of nitrogens with one attached hydrogen (secondary N) is 2. The average Bonchev–Trinajstić information content (AvgIpc) is 3.20. The molecule has 0 atom stereocenters. The molecule has 0 bridgehead atoms. The van der Waals surface area contributed by atoms with E-state index in [1.54, 1.807) is 19.2 Å². The highest BCUT2D eigenvalue weighted by Crippen LogP contribution is 2.30. The third kappa shape index (κ3) is 5.50. The van der Waals surface area contributed by atoms with Crippen molar-refractivity contribution in [3.8, 4) is 11.5 Å². The Bertz CT molecular complexity index is 1140. The molecule has 0 saturated heterocycles. The number of aromatic nitrogens is 2. The second-order valence-electron chi connectivity index (χ2n) is 7.15. The van der Waals surface area contributed by atoms with Gasteiger partial charge in [0.2, 0.25) is 0 Å². The molecule has 0 radical (unpaired) electrons. The van der Waals surface area contributed by atoms with E-state index in [0.29, 0.717) is 28.2 Å². The fourth-order valence-corrected chi connectivity index (χ4v) is 3.62. The standard InChI is InChI=1S/C24H23Cl2N3O2/c1-30-23-13-16(7-9-22(23)31-15-17-6-8-18(25)19(26)12-17)14-27-11-10-24-28-20-4-2-3-5-21(20)29-24/h2-9,12-13,27H,10-11,14-15H2,1H3,(H,28,29). The first kappa shape index (κ1) is 21.5. The van der Waals surface area contributed by atoms with E-state index >= 15 is 0 Å². The Morgan fingerprint density at radius 1 is 0.935 bits per heavy atom. The summed E-state index contributed by atoms with van der Waals surface area (Å²) in [7, 11) is 1.64. The highest BCUT2D eigenvalue weighted by atomic mass is 35.5. The Labute approximate surface area is 191 Å². The number of hydrogen-bond acceptors (Lipinski definition) is 4. The normalized spacial score (nSPS) is 11.1. The van der Waals surface area contributed by atoms with Crippen molar-refractivity contribution in [1.29, 1.82) is 0 Å². The van der Waals surface area contributed by atoms with Crippen LogP contribution in [0.15, 0.2) is 60.7 Å². The fourth-order valence-electron chi connectivity index (χ4n) is 3.30. The van der Waals surface area contributed by atoms with E-state index in [1.807, 2.05) is 48.5 Å². The number of halogens is 2. The van der Waals surface area contributed by atoms with Gasteiger partial charge in [0, 0.05) is 19.5 Å². The third-order valence-corrected chi connectivity index (χ3v) is 5.65. The monoisotopic (exact) mass is 455 g/mol. The van der Waals surface area contributed by atoms with E-state index in [4.69, 9.17) is 32.7 Å². The van der Waals surface area contributed by atoms with Crippen molar-refractivity contribution in [3.63, 3.8) is 0 Å². The number of rotatable bonds is 9. The van der Waals surface area contributed by atoms with Crippen LogP contribution in [0.4, 0.5) is 0 Å². The Morgan fingerprint density at radius 2 is 1.77 bits per heavy atom. The zero-order chi connectivity index (χ0) is 21.6. The first-order chi connectivity index (χ1) is 15.1. The number of fused-ring (bicyclic) bond motifs is 1. The molecule has 0 amide bonds. The van der Waals surface area contributed by atoms with Crippen LogP contribution in [0, 0.1) is 0 Å². The minimum atomic E-state index is 0.377. The quantitative estimate of drug-likeness (QED) is 0.313. The Hall–Kier alpha value is -2.73. The van der Waals surface area contributed by atoms with Gasteiger partial charge in [-0.1, -0.05) is 47.5 Å². The summed E-state index contributed by atoms with van der Waals surface area (Å²) in [6.07, 6.45) is 0.830. The van der Waals surface area contributed by atoms with Crippen LogP contribution in [0.3, 0.4) is 0 Å². The minimum Gasteiger partial charge on any atom is -0.493 e. The second-order valence-corrected chi connectivity index (χ2v) is 7.96. The molecule has 4 aromatic rings. The van der Waals surface area contributed by atoms with Gasteiger partial charge in [-0.25, -0.2) is 4.98 Å². The number of imidazole rings is 1. The summed E-state index contributed by atoms with van der Waals surface area (Å²) in [4.78, 5) is 7.95. The lowest BCUT2D eigenvalue weighted by molar-refractivity contribution is 0.284. The van der Waals surface area contributed by atoms with Crippen molar-refractivity contribution >= 4 is 34.2 Å². The van der Waals surface area contributed by atoms with Crippen LogP contribution in [0.1, 0.15) is 17.0 Å². The SMILES string of the molecule is COc1cc(CNCCc2nc3ccccc3[nH]2)ccc1OCc1ccc(Cl)c(Cl)c1. The molecule has 0 saturated carbocycles. The molecule has 4 rings (SSSR count). The van der Waals surface area contributed by atoms with Crippen LogP contribution in [0.2, 0.25) is 10.0 Å². The molecule has 0 aliphatic rings. The van der Waals surface area contributed by atoms with Gasteiger partial charge in [0.05, 0.1) is 28.2 Å². The number of H-pyrrole nitrogens is 1. The van der Waals surface area contributed by atoms with Crippen molar-refractivity contribution in [2.24, 2.45) is 0 Å². The fraction of sp³-hybridized carbons (Fsp3) is 0.208. The maximum absolute atomic E-state index is 6.07. The third-order valence-electron chi connectivity index (χ3n) is 4.91. The zero-order valence-electron chi connectivity index (χ0n) is 17.1. The lowest BCUT2D eigenvalue weighted by Crippen LogP contribution is -2.17. The highest BCUT2D eigenvalue weighted by molar-refractivity contribution is 6.42. The second kappa shape index (κ2) is 10.1. The Balaban J connectivity index is 1.30. The maximum Gasteiger partial charge on any atom is 0.161 e. The molecule has 5 nitrogen and oxygen atoms in total. The van der Waals surface area contributed by atoms with Crippen LogP contribution in [-0.2, 0) is 19.6 Å². The number of benzene rings is 3. The number of para-hydroxylation sites is 2. The van der Waals surface area contributed by atoms with E-state index in [2.05, 4.69) is 15.3 Å². The number of aromatic amines is 1. The molecule has 0 unspecified atom stereocenters. The van der Waals surface area contributed by atoms with E-state index < -0.39 is 0 Å². The van der Waals surface area contributed by atoms with Crippen molar-refractivity contribution in [2.75, 3.05) is 13.7 Å². The number of hydrogen-bond donors (Lipinski definition) is 2. The van der Waals surface area contributed by atoms with Crippen molar-refractivity contribution in [2.45, 2.75) is 19.6 Å². The van der Waals surface area contributed by atoms with Crippen molar-refractivity contribution in [3.05, 3.63) is 87.7 Å². The molecule has 2 N–H and O–H groups in total. The predicted octanol–water partition coefficient (Wildman–Crippen LogP) is 5.79. The molecule has 31 heavy (non-hydrogen) atoms. The first-order valence-electron chi connectivity index (χ1n) is 10.0.